The van der Waals surface area contributed by atoms with Crippen molar-refractivity contribution in [1.82, 2.24) is 9.88 Å². The lowest BCUT2D eigenvalue weighted by molar-refractivity contribution is -0.138. The number of hydrogen-bond acceptors (Lipinski definition) is 8. The van der Waals surface area contributed by atoms with Crippen molar-refractivity contribution in [3.8, 4) is 17.6 Å². The molecule has 1 aliphatic heterocycles. The Kier molecular flexibility index (Phi) is 9.06. The van der Waals surface area contributed by atoms with Gasteiger partial charge in [-0.2, -0.15) is 18.4 Å². The number of carbonyl (C=O) groups excluding carboxylic acids is 1. The molecule has 4 rings (SSSR count). The summed E-state index contributed by atoms with van der Waals surface area (Å²) in [4.78, 5) is 19.0. The highest BCUT2D eigenvalue weighted by Gasteiger charge is 2.30. The first-order valence-electron chi connectivity index (χ1n) is 11.9. The normalized spacial score (nSPS) is 14.0. The van der Waals surface area contributed by atoms with Gasteiger partial charge in [0.2, 0.25) is 0 Å². The Morgan fingerprint density at radius 2 is 2.03 bits per heavy atom. The number of nitrogens with one attached hydrogen (secondary N) is 1. The first-order chi connectivity index (χ1) is 18.7. The molecule has 3 aromatic rings. The molecule has 1 aliphatic rings. The summed E-state index contributed by atoms with van der Waals surface area (Å²) in [5.41, 5.74) is 0.655. The van der Waals surface area contributed by atoms with Crippen molar-refractivity contribution in [2.24, 2.45) is 0 Å². The number of amides is 1. The maximum Gasteiger partial charge on any atom is 0.416 e. The minimum Gasteiger partial charge on any atom is -0.493 e. The number of alkyl halides is 3. The monoisotopic (exact) mass is 558 g/mol. The molecular weight excluding hydrogens is 533 g/mol. The van der Waals surface area contributed by atoms with Gasteiger partial charge in [0.15, 0.2) is 23.2 Å². The van der Waals surface area contributed by atoms with Crippen LogP contribution in [0.3, 0.4) is 0 Å². The molecular formula is C27H25F3N4O4S. The molecule has 0 atom stereocenters. The van der Waals surface area contributed by atoms with Crippen LogP contribution < -0.4 is 14.8 Å². The standard InChI is InChI=1S/C27H25F3N4O4S/c1-36-24-14-19(5-6-23(24)38-17-25(35)34-7-9-37-10-8-34)12-21(15-31)33-26-32-16-22(39-26)13-18-3-2-4-20(11-18)27(28,29)30/h2-6,11-12,14,16H,7-10,13,17H2,1H3,(H,32,33)/b21-12+. The lowest BCUT2D eigenvalue weighted by Crippen LogP contribution is -2.43. The van der Waals surface area contributed by atoms with E-state index in [9.17, 15) is 23.2 Å². The number of allylic oxidation sites excluding steroid dienone is 1. The molecule has 8 nitrogen and oxygen atoms in total. The van der Waals surface area contributed by atoms with Crippen LogP contribution in [0.15, 0.2) is 54.4 Å². The zero-order valence-electron chi connectivity index (χ0n) is 21.0. The molecule has 0 spiro atoms. The molecule has 0 radical (unpaired) electrons. The summed E-state index contributed by atoms with van der Waals surface area (Å²) in [7, 11) is 1.48. The zero-order chi connectivity index (χ0) is 27.8. The van der Waals surface area contributed by atoms with Crippen LogP contribution >= 0.6 is 11.3 Å². The van der Waals surface area contributed by atoms with Crippen LogP contribution in [0.5, 0.6) is 11.5 Å². The van der Waals surface area contributed by atoms with Crippen LogP contribution in [0, 0.1) is 11.3 Å². The predicted molar refractivity (Wildman–Crippen MR) is 139 cm³/mol. The second kappa shape index (κ2) is 12.6. The topological polar surface area (TPSA) is 96.7 Å². The summed E-state index contributed by atoms with van der Waals surface area (Å²) in [5, 5.41) is 13.0. The summed E-state index contributed by atoms with van der Waals surface area (Å²) >= 11 is 1.24. The molecule has 1 N–H and O–H groups in total. The summed E-state index contributed by atoms with van der Waals surface area (Å²) in [6.07, 6.45) is -0.966. The van der Waals surface area contributed by atoms with Crippen molar-refractivity contribution in [2.45, 2.75) is 12.6 Å². The third kappa shape index (κ3) is 7.72. The summed E-state index contributed by atoms with van der Waals surface area (Å²) in [6.45, 7) is 1.92. The van der Waals surface area contributed by atoms with Crippen LogP contribution in [0.1, 0.15) is 21.6 Å². The Morgan fingerprint density at radius 3 is 2.74 bits per heavy atom. The lowest BCUT2D eigenvalue weighted by atomic mass is 10.1. The highest BCUT2D eigenvalue weighted by atomic mass is 32.1. The largest absolute Gasteiger partial charge is 0.493 e. The molecule has 12 heteroatoms. The summed E-state index contributed by atoms with van der Waals surface area (Å²) in [5.74, 6) is 0.645. The van der Waals surface area contributed by atoms with Gasteiger partial charge in [-0.15, -0.1) is 11.3 Å². The quantitative estimate of drug-likeness (QED) is 0.370. The molecule has 1 saturated heterocycles. The molecule has 0 aliphatic carbocycles. The van der Waals surface area contributed by atoms with Crippen molar-refractivity contribution in [2.75, 3.05) is 45.3 Å². The molecule has 0 saturated carbocycles. The van der Waals surface area contributed by atoms with Crippen molar-refractivity contribution < 1.29 is 32.2 Å². The molecule has 2 aromatic carbocycles. The van der Waals surface area contributed by atoms with Crippen LogP contribution in [-0.2, 0) is 22.1 Å². The van der Waals surface area contributed by atoms with Gasteiger partial charge in [-0.05, 0) is 35.4 Å². The number of morpholine rings is 1. The fourth-order valence-corrected chi connectivity index (χ4v) is 4.68. The maximum absolute atomic E-state index is 13.0. The third-order valence-electron chi connectivity index (χ3n) is 5.76. The third-order valence-corrected chi connectivity index (χ3v) is 6.67. The molecule has 0 bridgehead atoms. The average molecular weight is 559 g/mol. The Morgan fingerprint density at radius 1 is 1.23 bits per heavy atom. The second-order valence-corrected chi connectivity index (χ2v) is 9.61. The Labute approximate surface area is 227 Å². The zero-order valence-corrected chi connectivity index (χ0v) is 21.8. The van der Waals surface area contributed by atoms with Crippen LogP contribution in [0.2, 0.25) is 0 Å². The van der Waals surface area contributed by atoms with Gasteiger partial charge in [-0.1, -0.05) is 24.3 Å². The molecule has 204 valence electrons. The Balaban J connectivity index is 1.39. The summed E-state index contributed by atoms with van der Waals surface area (Å²) < 4.78 is 55.3. The fraction of sp³-hybridized carbons (Fsp3) is 0.296. The van der Waals surface area contributed by atoms with Crippen molar-refractivity contribution in [3.05, 3.63) is 75.9 Å². The van der Waals surface area contributed by atoms with Crippen molar-refractivity contribution >= 4 is 28.5 Å². The summed E-state index contributed by atoms with van der Waals surface area (Å²) in [6, 6.07) is 12.3. The number of halogens is 3. The molecule has 39 heavy (non-hydrogen) atoms. The fourth-order valence-electron chi connectivity index (χ4n) is 3.82. The van der Waals surface area contributed by atoms with Crippen LogP contribution in [0.4, 0.5) is 18.3 Å². The number of thiazole rings is 1. The van der Waals surface area contributed by atoms with E-state index in [0.29, 0.717) is 54.1 Å². The number of rotatable bonds is 9. The number of nitriles is 1. The van der Waals surface area contributed by atoms with Gasteiger partial charge >= 0.3 is 6.18 Å². The van der Waals surface area contributed by atoms with Gasteiger partial charge in [0.25, 0.3) is 5.91 Å². The number of hydrogen-bond donors (Lipinski definition) is 1. The van der Waals surface area contributed by atoms with Gasteiger partial charge in [0, 0.05) is 30.6 Å². The van der Waals surface area contributed by atoms with E-state index in [1.165, 1.54) is 24.5 Å². The highest BCUT2D eigenvalue weighted by Crippen LogP contribution is 2.31. The Bertz CT molecular complexity index is 1380. The van der Waals surface area contributed by atoms with Gasteiger partial charge < -0.3 is 24.4 Å². The number of nitrogens with zero attached hydrogens (tertiary/aromatic N) is 3. The first kappa shape index (κ1) is 27.9. The van der Waals surface area contributed by atoms with E-state index in [1.807, 2.05) is 0 Å². The van der Waals surface area contributed by atoms with Crippen LogP contribution in [-0.4, -0.2) is 55.8 Å². The van der Waals surface area contributed by atoms with Gasteiger partial charge in [-0.25, -0.2) is 4.98 Å². The van der Waals surface area contributed by atoms with E-state index < -0.39 is 11.7 Å². The van der Waals surface area contributed by atoms with E-state index in [-0.39, 0.29) is 24.6 Å². The van der Waals surface area contributed by atoms with Crippen LogP contribution in [0.25, 0.3) is 6.08 Å². The molecule has 1 amide bonds. The number of methoxy groups -OCH3 is 1. The van der Waals surface area contributed by atoms with Gasteiger partial charge in [-0.3, -0.25) is 4.79 Å². The Hall–Kier alpha value is -4.08. The van der Waals surface area contributed by atoms with Crippen molar-refractivity contribution in [1.29, 1.82) is 5.26 Å². The predicted octanol–water partition coefficient (Wildman–Crippen LogP) is 4.98. The number of aromatic nitrogens is 1. The van der Waals surface area contributed by atoms with Gasteiger partial charge in [0.1, 0.15) is 11.8 Å². The van der Waals surface area contributed by atoms with Crippen molar-refractivity contribution in [3.63, 3.8) is 0 Å². The van der Waals surface area contributed by atoms with E-state index >= 15 is 0 Å². The van der Waals surface area contributed by atoms with Gasteiger partial charge in [0.05, 0.1) is 25.9 Å². The highest BCUT2D eigenvalue weighted by molar-refractivity contribution is 7.15. The minimum absolute atomic E-state index is 0.135. The lowest BCUT2D eigenvalue weighted by Gasteiger charge is -2.26. The van der Waals surface area contributed by atoms with E-state index in [4.69, 9.17) is 14.2 Å². The minimum atomic E-state index is -4.41. The average Bonchev–Trinajstić information content (AvgIpc) is 3.38. The number of benzene rings is 2. The molecule has 0 unspecified atom stereocenters. The van der Waals surface area contributed by atoms with E-state index in [0.717, 1.165) is 17.0 Å². The number of ether oxygens (including phenoxy) is 3. The first-order valence-corrected chi connectivity index (χ1v) is 12.7. The number of carbonyl (C=O) groups is 1. The van der Waals surface area contributed by atoms with E-state index in [1.54, 1.807) is 41.4 Å². The molecule has 1 fully saturated rings. The number of anilines is 1. The second-order valence-electron chi connectivity index (χ2n) is 8.49. The van der Waals surface area contributed by atoms with E-state index in [2.05, 4.69) is 16.4 Å². The smallest absolute Gasteiger partial charge is 0.416 e. The molecule has 1 aromatic heterocycles. The molecule has 2 heterocycles. The SMILES string of the molecule is COc1cc(/C=C(\C#N)Nc2ncc(Cc3cccc(C(F)(F)F)c3)s2)ccc1OCC(=O)N1CCOCC1. The maximum atomic E-state index is 13.0.